The van der Waals surface area contributed by atoms with Crippen LogP contribution in [0.1, 0.15) is 76.4 Å². The summed E-state index contributed by atoms with van der Waals surface area (Å²) in [4.78, 5) is 38.9. The summed E-state index contributed by atoms with van der Waals surface area (Å²) in [7, 11) is 0. The molecule has 1 fully saturated rings. The third-order valence-corrected chi connectivity index (χ3v) is 6.94. The number of carbonyl (C=O) groups excluding carboxylic acids is 3. The highest BCUT2D eigenvalue weighted by Gasteiger charge is 2.21. The van der Waals surface area contributed by atoms with Crippen molar-refractivity contribution in [3.05, 3.63) is 58.9 Å². The number of ether oxygens (including phenoxy) is 3. The van der Waals surface area contributed by atoms with Crippen molar-refractivity contribution in [3.63, 3.8) is 0 Å². The Bertz CT molecular complexity index is 1500. The normalized spacial score (nSPS) is 15.0. The number of halogens is 1. The number of rotatable bonds is 12. The van der Waals surface area contributed by atoms with E-state index in [1.54, 1.807) is 62.0 Å². The molecule has 3 N–H and O–H groups in total. The molecule has 0 aliphatic carbocycles. The number of aromatic nitrogens is 3. The maximum absolute atomic E-state index is 13.2. The van der Waals surface area contributed by atoms with Gasteiger partial charge in [0.25, 0.3) is 0 Å². The Morgan fingerprint density at radius 3 is 2.58 bits per heavy atom. The average molecular weight is 641 g/mol. The smallest absolute Gasteiger partial charge is 0.412 e. The Hall–Kier alpha value is -4.00. The molecule has 1 aliphatic rings. The molecule has 0 radical (unpaired) electrons. The number of nitrogens with one attached hydrogen (secondary N) is 3. The number of hydrogen-bond donors (Lipinski definition) is 3. The van der Waals surface area contributed by atoms with Crippen LogP contribution in [0.2, 0.25) is 5.02 Å². The highest BCUT2D eigenvalue weighted by atomic mass is 35.5. The number of benzene rings is 2. The van der Waals surface area contributed by atoms with Crippen LogP contribution in [0.3, 0.4) is 0 Å². The minimum atomic E-state index is -0.733. The van der Waals surface area contributed by atoms with Crippen LogP contribution in [0.25, 0.3) is 5.69 Å². The van der Waals surface area contributed by atoms with Gasteiger partial charge in [0, 0.05) is 18.7 Å². The van der Waals surface area contributed by atoms with Crippen LogP contribution in [0.4, 0.5) is 21.9 Å². The van der Waals surface area contributed by atoms with Crippen LogP contribution in [-0.4, -0.2) is 57.8 Å². The van der Waals surface area contributed by atoms with Gasteiger partial charge >= 0.3 is 6.09 Å². The summed E-state index contributed by atoms with van der Waals surface area (Å²) in [6, 6.07) is 9.91. The van der Waals surface area contributed by atoms with Gasteiger partial charge in [0.1, 0.15) is 5.60 Å². The fraction of sp³-hybridized carbons (Fsp3) is 0.469. The third-order valence-electron chi connectivity index (χ3n) is 6.63. The second-order valence-electron chi connectivity index (χ2n) is 12.2. The van der Waals surface area contributed by atoms with Crippen molar-refractivity contribution in [2.24, 2.45) is 5.92 Å². The van der Waals surface area contributed by atoms with Crippen molar-refractivity contribution < 1.29 is 28.6 Å². The van der Waals surface area contributed by atoms with Gasteiger partial charge in [-0.3, -0.25) is 14.9 Å². The van der Waals surface area contributed by atoms with E-state index in [4.69, 9.17) is 25.8 Å². The van der Waals surface area contributed by atoms with Gasteiger partial charge in [0.2, 0.25) is 5.91 Å². The summed E-state index contributed by atoms with van der Waals surface area (Å²) in [5.74, 6) is -0.655. The van der Waals surface area contributed by atoms with E-state index < -0.39 is 29.8 Å². The van der Waals surface area contributed by atoms with Crippen molar-refractivity contribution in [2.75, 3.05) is 29.1 Å². The second kappa shape index (κ2) is 15.3. The molecular weight excluding hydrogens is 600 g/mol. The Morgan fingerprint density at radius 1 is 1.09 bits per heavy atom. The quantitative estimate of drug-likeness (QED) is 0.147. The van der Waals surface area contributed by atoms with E-state index in [2.05, 4.69) is 40.1 Å². The molecule has 12 nitrogen and oxygen atoms in total. The predicted molar refractivity (Wildman–Crippen MR) is 172 cm³/mol. The molecule has 4 rings (SSSR count). The molecule has 1 aliphatic heterocycles. The van der Waals surface area contributed by atoms with E-state index in [-0.39, 0.29) is 24.3 Å². The number of amides is 2. The molecule has 1 atom stereocenters. The molecule has 0 spiro atoms. The number of hydrogen-bond acceptors (Lipinski definition) is 9. The van der Waals surface area contributed by atoms with Crippen molar-refractivity contribution in [1.82, 2.24) is 15.0 Å². The largest absolute Gasteiger partial charge is 0.444 e. The van der Waals surface area contributed by atoms with Crippen LogP contribution in [0.5, 0.6) is 0 Å². The van der Waals surface area contributed by atoms with Crippen molar-refractivity contribution in [2.45, 2.75) is 78.8 Å². The zero-order valence-corrected chi connectivity index (χ0v) is 27.1. The van der Waals surface area contributed by atoms with Gasteiger partial charge in [0.15, 0.2) is 12.1 Å². The van der Waals surface area contributed by atoms with Gasteiger partial charge < -0.3 is 24.8 Å². The topological polar surface area (TPSA) is 146 Å². The Morgan fingerprint density at radius 2 is 1.87 bits per heavy atom. The van der Waals surface area contributed by atoms with Crippen LogP contribution in [0.15, 0.2) is 42.6 Å². The molecule has 1 unspecified atom stereocenters. The van der Waals surface area contributed by atoms with Crippen molar-refractivity contribution in [3.8, 4) is 5.69 Å². The number of ketones is 1. The molecule has 3 aromatic rings. The van der Waals surface area contributed by atoms with Gasteiger partial charge in [-0.2, -0.15) is 0 Å². The fourth-order valence-corrected chi connectivity index (χ4v) is 4.72. The molecule has 1 aromatic heterocycles. The first-order chi connectivity index (χ1) is 21.4. The van der Waals surface area contributed by atoms with Crippen LogP contribution < -0.4 is 16.0 Å². The van der Waals surface area contributed by atoms with E-state index in [0.717, 1.165) is 19.3 Å². The van der Waals surface area contributed by atoms with E-state index in [1.165, 1.54) is 6.07 Å². The summed E-state index contributed by atoms with van der Waals surface area (Å²) in [5.41, 5.74) is 1.94. The summed E-state index contributed by atoms with van der Waals surface area (Å²) >= 11 is 6.50. The summed E-state index contributed by atoms with van der Waals surface area (Å²) < 4.78 is 18.5. The van der Waals surface area contributed by atoms with Gasteiger partial charge in [-0.25, -0.2) is 9.48 Å². The minimum absolute atomic E-state index is 0.224. The molecule has 45 heavy (non-hydrogen) atoms. The summed E-state index contributed by atoms with van der Waals surface area (Å²) in [6.07, 6.45) is 3.09. The van der Waals surface area contributed by atoms with Crippen molar-refractivity contribution >= 4 is 46.4 Å². The van der Waals surface area contributed by atoms with Gasteiger partial charge in [-0.15, -0.1) is 5.10 Å². The van der Waals surface area contributed by atoms with Gasteiger partial charge in [-0.1, -0.05) is 42.8 Å². The zero-order chi connectivity index (χ0) is 32.6. The predicted octanol–water partition coefficient (Wildman–Crippen LogP) is 6.59. The maximum Gasteiger partial charge on any atom is 0.412 e. The first-order valence-electron chi connectivity index (χ1n) is 15.0. The Labute approximate surface area is 268 Å². The van der Waals surface area contributed by atoms with Crippen molar-refractivity contribution in [1.29, 1.82) is 0 Å². The molecule has 13 heteroatoms. The number of Topliss-reactive ketones (excluding diaryl/α,β-unsaturated/α-hetero) is 1. The second-order valence-corrected chi connectivity index (χ2v) is 12.6. The van der Waals surface area contributed by atoms with E-state index in [0.29, 0.717) is 46.7 Å². The Kier molecular flexibility index (Phi) is 11.5. The lowest BCUT2D eigenvalue weighted by molar-refractivity contribution is -0.169. The number of nitrogens with zero attached hydrogens (tertiary/aromatic N) is 3. The molecular formula is C32H41ClN6O6. The van der Waals surface area contributed by atoms with E-state index >= 15 is 0 Å². The van der Waals surface area contributed by atoms with Gasteiger partial charge in [0.05, 0.1) is 52.7 Å². The third kappa shape index (κ3) is 10.3. The lowest BCUT2D eigenvalue weighted by Crippen LogP contribution is -2.28. The summed E-state index contributed by atoms with van der Waals surface area (Å²) in [6.45, 7) is 10.9. The lowest BCUT2D eigenvalue weighted by Gasteiger charge is -2.22. The van der Waals surface area contributed by atoms with E-state index in [1.807, 2.05) is 0 Å². The van der Waals surface area contributed by atoms with Gasteiger partial charge in [-0.05, 0) is 70.2 Å². The maximum atomic E-state index is 13.2. The zero-order valence-electron chi connectivity index (χ0n) is 26.3. The van der Waals surface area contributed by atoms with Crippen LogP contribution in [0, 0.1) is 5.92 Å². The molecule has 0 bridgehead atoms. The average Bonchev–Trinajstić information content (AvgIpc) is 3.45. The van der Waals surface area contributed by atoms with Crippen LogP contribution in [-0.2, 0) is 25.6 Å². The minimum Gasteiger partial charge on any atom is -0.444 e. The van der Waals surface area contributed by atoms with Crippen LogP contribution >= 0.6 is 11.6 Å². The molecule has 2 aromatic carbocycles. The highest BCUT2D eigenvalue weighted by Crippen LogP contribution is 2.34. The molecule has 2 amide bonds. The highest BCUT2D eigenvalue weighted by molar-refractivity contribution is 6.34. The standard InChI is InChI=1S/C32H41ClN6O6/c1-20(2)17-34-25-15-27(37-31(42)45-32(3,4)5)26(14-24(25)33)36-29(41)16-28(40)21-9-8-10-22(13-21)39-23(18-35-38-39)19-44-30-11-6-7-12-43-30/h8-10,13-15,18,20,30,34H,6-7,11-12,16-17,19H2,1-5H3,(H,36,41)(H,37,42). The molecule has 0 saturated carbocycles. The SMILES string of the molecule is CC(C)CNc1cc(NC(=O)OC(C)(C)C)c(NC(=O)CC(=O)c2cccc(-n3nncc3COC3CCCCO3)c2)cc1Cl. The Balaban J connectivity index is 1.46. The van der Waals surface area contributed by atoms with E-state index in [9.17, 15) is 14.4 Å². The molecule has 2 heterocycles. The first kappa shape index (κ1) is 33.9. The summed E-state index contributed by atoms with van der Waals surface area (Å²) in [5, 5.41) is 17.1. The fourth-order valence-electron chi connectivity index (χ4n) is 4.49. The first-order valence-corrected chi connectivity index (χ1v) is 15.4. The number of anilines is 3. The molecule has 242 valence electrons. The lowest BCUT2D eigenvalue weighted by atomic mass is 10.1. The molecule has 1 saturated heterocycles. The number of carbonyl (C=O) groups is 3. The monoisotopic (exact) mass is 640 g/mol.